The summed E-state index contributed by atoms with van der Waals surface area (Å²) in [6.07, 6.45) is 2.68. The van der Waals surface area contributed by atoms with Crippen LogP contribution in [0.3, 0.4) is 0 Å². The lowest BCUT2D eigenvalue weighted by Gasteiger charge is -2.05. The summed E-state index contributed by atoms with van der Waals surface area (Å²) in [4.78, 5) is 15.3. The highest BCUT2D eigenvalue weighted by Gasteiger charge is 2.04. The highest BCUT2D eigenvalue weighted by molar-refractivity contribution is 5.75. The van der Waals surface area contributed by atoms with Crippen LogP contribution in [0.4, 0.5) is 0 Å². The molecule has 0 bridgehead atoms. The van der Waals surface area contributed by atoms with E-state index in [1.165, 1.54) is 0 Å². The Kier molecular flexibility index (Phi) is 4.91. The maximum Gasteiger partial charge on any atom is 0.220 e. The van der Waals surface area contributed by atoms with Crippen LogP contribution >= 0.6 is 0 Å². The number of hydrogen-bond acceptors (Lipinski definition) is 4. The number of nitrogens with zero attached hydrogens (tertiary/aromatic N) is 3. The Hall–Kier alpha value is -1.43. The fourth-order valence-electron chi connectivity index (χ4n) is 1.24. The van der Waals surface area contributed by atoms with E-state index in [9.17, 15) is 4.79 Å². The summed E-state index contributed by atoms with van der Waals surface area (Å²) in [7, 11) is 1.80. The summed E-state index contributed by atoms with van der Waals surface area (Å²) in [5.41, 5.74) is 0. The fourth-order valence-corrected chi connectivity index (χ4v) is 1.24. The molecule has 0 spiro atoms. The van der Waals surface area contributed by atoms with Gasteiger partial charge in [0.1, 0.15) is 6.33 Å². The molecule has 1 aromatic heterocycles. The quantitative estimate of drug-likeness (QED) is 0.694. The molecule has 0 aromatic carbocycles. The lowest BCUT2D eigenvalue weighted by atomic mass is 10.2. The molecule has 1 aromatic rings. The van der Waals surface area contributed by atoms with E-state index in [4.69, 9.17) is 5.11 Å². The van der Waals surface area contributed by atoms with Crippen molar-refractivity contribution in [1.82, 2.24) is 20.1 Å². The maximum absolute atomic E-state index is 11.3. The summed E-state index contributed by atoms with van der Waals surface area (Å²) in [6.45, 7) is 2.20. The molecule has 0 saturated carbocycles. The maximum atomic E-state index is 11.3. The minimum absolute atomic E-state index is 0.0446. The highest BCUT2D eigenvalue weighted by Crippen LogP contribution is 1.95. The first-order valence-electron chi connectivity index (χ1n) is 5.37. The van der Waals surface area contributed by atoms with Crippen molar-refractivity contribution >= 4 is 5.91 Å². The second kappa shape index (κ2) is 6.22. The largest absolute Gasteiger partial charge is 0.393 e. The fraction of sp³-hybridized carbons (Fsp3) is 0.700. The number of amides is 1. The SMILES string of the molecule is CC(O)CCC(=O)NCCc1ncn(C)n1. The van der Waals surface area contributed by atoms with Gasteiger partial charge >= 0.3 is 0 Å². The molecule has 2 N–H and O–H groups in total. The number of aliphatic hydroxyl groups is 1. The number of rotatable bonds is 6. The van der Waals surface area contributed by atoms with Crippen LogP contribution in [0.5, 0.6) is 0 Å². The lowest BCUT2D eigenvalue weighted by molar-refractivity contribution is -0.121. The van der Waals surface area contributed by atoms with Gasteiger partial charge in [0.2, 0.25) is 5.91 Å². The molecule has 1 heterocycles. The van der Waals surface area contributed by atoms with Crippen LogP contribution in [-0.2, 0) is 18.3 Å². The molecule has 1 atom stereocenters. The minimum atomic E-state index is -0.428. The van der Waals surface area contributed by atoms with Gasteiger partial charge in [-0.25, -0.2) is 4.98 Å². The van der Waals surface area contributed by atoms with E-state index < -0.39 is 6.10 Å². The van der Waals surface area contributed by atoms with Gasteiger partial charge in [0.25, 0.3) is 0 Å². The topological polar surface area (TPSA) is 80.0 Å². The molecule has 0 radical (unpaired) electrons. The third-order valence-corrected chi connectivity index (χ3v) is 2.11. The van der Waals surface area contributed by atoms with Crippen molar-refractivity contribution in [3.05, 3.63) is 12.2 Å². The zero-order chi connectivity index (χ0) is 12.0. The van der Waals surface area contributed by atoms with E-state index in [-0.39, 0.29) is 5.91 Å². The van der Waals surface area contributed by atoms with Gasteiger partial charge in [-0.15, -0.1) is 0 Å². The number of aliphatic hydroxyl groups excluding tert-OH is 1. The van der Waals surface area contributed by atoms with Gasteiger partial charge in [-0.3, -0.25) is 9.48 Å². The highest BCUT2D eigenvalue weighted by atomic mass is 16.3. The summed E-state index contributed by atoms with van der Waals surface area (Å²) in [5.74, 6) is 0.676. The zero-order valence-corrected chi connectivity index (χ0v) is 9.68. The predicted octanol–water partition coefficient (Wildman–Crippen LogP) is -0.365. The number of aryl methyl sites for hydroxylation is 1. The average molecular weight is 226 g/mol. The van der Waals surface area contributed by atoms with Gasteiger partial charge in [0, 0.05) is 26.4 Å². The van der Waals surface area contributed by atoms with Crippen molar-refractivity contribution in [3.63, 3.8) is 0 Å². The van der Waals surface area contributed by atoms with Gasteiger partial charge in [0.15, 0.2) is 5.82 Å². The molecular weight excluding hydrogens is 208 g/mol. The molecule has 0 aliphatic rings. The zero-order valence-electron chi connectivity index (χ0n) is 9.68. The lowest BCUT2D eigenvalue weighted by Crippen LogP contribution is -2.26. The second-order valence-corrected chi connectivity index (χ2v) is 3.82. The van der Waals surface area contributed by atoms with Crippen molar-refractivity contribution in [1.29, 1.82) is 0 Å². The molecule has 0 aliphatic heterocycles. The van der Waals surface area contributed by atoms with E-state index >= 15 is 0 Å². The van der Waals surface area contributed by atoms with Gasteiger partial charge in [-0.1, -0.05) is 0 Å². The first-order valence-corrected chi connectivity index (χ1v) is 5.37. The predicted molar refractivity (Wildman–Crippen MR) is 58.6 cm³/mol. The van der Waals surface area contributed by atoms with Crippen molar-refractivity contribution in [2.75, 3.05) is 6.54 Å². The first-order chi connectivity index (χ1) is 7.58. The molecule has 90 valence electrons. The summed E-state index contributed by atoms with van der Waals surface area (Å²) in [6, 6.07) is 0. The van der Waals surface area contributed by atoms with Crippen molar-refractivity contribution in [2.45, 2.75) is 32.3 Å². The average Bonchev–Trinajstić information content (AvgIpc) is 2.61. The number of hydrogen-bond donors (Lipinski definition) is 2. The molecular formula is C10H18N4O2. The Morgan fingerprint density at radius 3 is 3.00 bits per heavy atom. The van der Waals surface area contributed by atoms with Crippen molar-refractivity contribution in [2.24, 2.45) is 7.05 Å². The van der Waals surface area contributed by atoms with E-state index in [2.05, 4.69) is 15.4 Å². The van der Waals surface area contributed by atoms with E-state index in [0.29, 0.717) is 25.8 Å². The Labute approximate surface area is 94.7 Å². The Morgan fingerprint density at radius 2 is 2.44 bits per heavy atom. The normalized spacial score (nSPS) is 12.4. The van der Waals surface area contributed by atoms with Crippen LogP contribution in [0.25, 0.3) is 0 Å². The standard InChI is InChI=1S/C10H18N4O2/c1-8(15)3-4-10(16)11-6-5-9-12-7-14(2)13-9/h7-8,15H,3-6H2,1-2H3,(H,11,16). The molecule has 0 saturated heterocycles. The molecule has 16 heavy (non-hydrogen) atoms. The van der Waals surface area contributed by atoms with Crippen LogP contribution in [0, 0.1) is 0 Å². The Bertz CT molecular complexity index is 335. The number of carbonyl (C=O) groups excluding carboxylic acids is 1. The van der Waals surface area contributed by atoms with Crippen LogP contribution in [0.15, 0.2) is 6.33 Å². The molecule has 6 heteroatoms. The van der Waals surface area contributed by atoms with E-state index in [0.717, 1.165) is 5.82 Å². The summed E-state index contributed by atoms with van der Waals surface area (Å²) in [5, 5.41) is 15.9. The van der Waals surface area contributed by atoms with Crippen LogP contribution in [-0.4, -0.2) is 38.4 Å². The van der Waals surface area contributed by atoms with E-state index in [1.807, 2.05) is 0 Å². The first kappa shape index (κ1) is 12.6. The number of carbonyl (C=O) groups is 1. The Balaban J connectivity index is 2.13. The second-order valence-electron chi connectivity index (χ2n) is 3.82. The summed E-state index contributed by atoms with van der Waals surface area (Å²) < 4.78 is 1.63. The van der Waals surface area contributed by atoms with Gasteiger partial charge in [0.05, 0.1) is 6.10 Å². The molecule has 0 aliphatic carbocycles. The number of nitrogens with one attached hydrogen (secondary N) is 1. The third-order valence-electron chi connectivity index (χ3n) is 2.11. The summed E-state index contributed by atoms with van der Waals surface area (Å²) >= 11 is 0. The molecule has 6 nitrogen and oxygen atoms in total. The van der Waals surface area contributed by atoms with Crippen LogP contribution in [0.2, 0.25) is 0 Å². The van der Waals surface area contributed by atoms with Crippen LogP contribution < -0.4 is 5.32 Å². The minimum Gasteiger partial charge on any atom is -0.393 e. The molecule has 1 amide bonds. The Morgan fingerprint density at radius 1 is 1.69 bits per heavy atom. The smallest absolute Gasteiger partial charge is 0.220 e. The van der Waals surface area contributed by atoms with Gasteiger partial charge in [-0.2, -0.15) is 5.10 Å². The number of aromatic nitrogens is 3. The van der Waals surface area contributed by atoms with Crippen molar-refractivity contribution in [3.8, 4) is 0 Å². The van der Waals surface area contributed by atoms with Crippen LogP contribution in [0.1, 0.15) is 25.6 Å². The van der Waals surface area contributed by atoms with Crippen molar-refractivity contribution < 1.29 is 9.90 Å². The van der Waals surface area contributed by atoms with Gasteiger partial charge in [-0.05, 0) is 13.3 Å². The molecule has 0 fully saturated rings. The van der Waals surface area contributed by atoms with E-state index in [1.54, 1.807) is 25.0 Å². The third kappa shape index (κ3) is 4.88. The molecule has 1 unspecified atom stereocenters. The molecule has 1 rings (SSSR count). The van der Waals surface area contributed by atoms with Gasteiger partial charge < -0.3 is 10.4 Å². The monoisotopic (exact) mass is 226 g/mol.